The highest BCUT2D eigenvalue weighted by Gasteiger charge is 2.27. The van der Waals surface area contributed by atoms with Gasteiger partial charge in [-0.05, 0) is 37.5 Å². The number of carbonyl (C=O) groups excluding carboxylic acids is 1. The number of benzene rings is 2. The average Bonchev–Trinajstić information content (AvgIpc) is 2.89. The van der Waals surface area contributed by atoms with Crippen LogP contribution in [0.3, 0.4) is 0 Å². The van der Waals surface area contributed by atoms with Gasteiger partial charge in [0.1, 0.15) is 5.75 Å². The smallest absolute Gasteiger partial charge is 0.322 e. The van der Waals surface area contributed by atoms with Gasteiger partial charge in [-0.1, -0.05) is 54.8 Å². The summed E-state index contributed by atoms with van der Waals surface area (Å²) in [7, 11) is 1.62. The topological polar surface area (TPSA) is 41.6 Å². The van der Waals surface area contributed by atoms with Crippen molar-refractivity contribution in [1.82, 2.24) is 4.90 Å². The molecule has 4 nitrogen and oxygen atoms in total. The molecule has 1 N–H and O–H groups in total. The Labute approximate surface area is 149 Å². The summed E-state index contributed by atoms with van der Waals surface area (Å²) >= 11 is 0. The lowest BCUT2D eigenvalue weighted by molar-refractivity contribution is 0.189. The first-order valence-corrected chi connectivity index (χ1v) is 8.96. The molecule has 2 amide bonds. The van der Waals surface area contributed by atoms with Gasteiger partial charge in [-0.15, -0.1) is 0 Å². The van der Waals surface area contributed by atoms with Gasteiger partial charge in [0, 0.05) is 6.54 Å². The first-order valence-electron chi connectivity index (χ1n) is 8.96. The van der Waals surface area contributed by atoms with Crippen LogP contribution in [0.5, 0.6) is 5.75 Å². The number of urea groups is 1. The predicted octanol–water partition coefficient (Wildman–Crippen LogP) is 5.15. The van der Waals surface area contributed by atoms with Crippen LogP contribution in [0.1, 0.15) is 42.9 Å². The number of nitrogens with one attached hydrogen (secondary N) is 1. The molecule has 3 rings (SSSR count). The molecule has 0 aromatic heterocycles. The van der Waals surface area contributed by atoms with Gasteiger partial charge in [0.25, 0.3) is 0 Å². The van der Waals surface area contributed by atoms with E-state index in [1.165, 1.54) is 17.5 Å². The van der Waals surface area contributed by atoms with Gasteiger partial charge in [0.15, 0.2) is 0 Å². The Bertz CT molecular complexity index is 712. The summed E-state index contributed by atoms with van der Waals surface area (Å²) in [5.41, 5.74) is 3.16. The molecule has 0 saturated carbocycles. The number of carbonyl (C=O) groups is 1. The highest BCUT2D eigenvalue weighted by Crippen LogP contribution is 2.32. The third kappa shape index (κ3) is 4.13. The summed E-state index contributed by atoms with van der Waals surface area (Å²) in [4.78, 5) is 15.0. The van der Waals surface area contributed by atoms with E-state index in [-0.39, 0.29) is 12.1 Å². The number of likely N-dealkylation sites (tertiary alicyclic amines) is 1. The van der Waals surface area contributed by atoms with Crippen molar-refractivity contribution in [3.8, 4) is 5.75 Å². The Hall–Kier alpha value is -2.49. The minimum absolute atomic E-state index is 0.0584. The number of amides is 2. The number of nitrogens with zero attached hydrogens (tertiary/aromatic N) is 1. The molecule has 1 heterocycles. The molecule has 1 atom stereocenters. The standard InChI is InChI=1S/C21H26N2O2/c1-16-11-13-17(14-12-16)19-9-4-3-7-15-23(19)21(24)22-18-8-5-6-10-20(18)25-2/h5-6,8,10-14,19H,3-4,7,9,15H2,1-2H3,(H,22,24)/t19-/m0/s1. The van der Waals surface area contributed by atoms with Gasteiger partial charge in [-0.2, -0.15) is 0 Å². The summed E-state index contributed by atoms with van der Waals surface area (Å²) in [6, 6.07) is 16.1. The first-order chi connectivity index (χ1) is 12.2. The van der Waals surface area contributed by atoms with Crippen LogP contribution in [0.15, 0.2) is 48.5 Å². The van der Waals surface area contributed by atoms with E-state index in [1.54, 1.807) is 7.11 Å². The molecule has 1 saturated heterocycles. The van der Waals surface area contributed by atoms with Crippen LogP contribution in [-0.2, 0) is 0 Å². The van der Waals surface area contributed by atoms with Crippen molar-refractivity contribution >= 4 is 11.7 Å². The van der Waals surface area contributed by atoms with Crippen LogP contribution in [0.2, 0.25) is 0 Å². The molecule has 2 aromatic rings. The molecule has 2 aromatic carbocycles. The van der Waals surface area contributed by atoms with E-state index in [0.717, 1.165) is 25.8 Å². The summed E-state index contributed by atoms with van der Waals surface area (Å²) in [6.07, 6.45) is 4.36. The van der Waals surface area contributed by atoms with E-state index < -0.39 is 0 Å². The zero-order valence-corrected chi connectivity index (χ0v) is 15.0. The molecule has 1 aliphatic rings. The lowest BCUT2D eigenvalue weighted by Gasteiger charge is -2.31. The van der Waals surface area contributed by atoms with Crippen molar-refractivity contribution in [1.29, 1.82) is 0 Å². The van der Waals surface area contributed by atoms with Crippen molar-refractivity contribution in [2.45, 2.75) is 38.6 Å². The molecule has 0 aliphatic carbocycles. The maximum absolute atomic E-state index is 13.0. The monoisotopic (exact) mass is 338 g/mol. The SMILES string of the molecule is COc1ccccc1NC(=O)N1CCCCC[C@H]1c1ccc(C)cc1. The van der Waals surface area contributed by atoms with Crippen molar-refractivity contribution in [3.05, 3.63) is 59.7 Å². The second-order valence-electron chi connectivity index (χ2n) is 6.60. The van der Waals surface area contributed by atoms with E-state index in [2.05, 4.69) is 36.5 Å². The number of methoxy groups -OCH3 is 1. The van der Waals surface area contributed by atoms with Crippen molar-refractivity contribution in [2.24, 2.45) is 0 Å². The van der Waals surface area contributed by atoms with Crippen LogP contribution in [0, 0.1) is 6.92 Å². The molecule has 132 valence electrons. The van der Waals surface area contributed by atoms with Gasteiger partial charge in [0.05, 0.1) is 18.8 Å². The zero-order valence-electron chi connectivity index (χ0n) is 15.0. The summed E-state index contributed by atoms with van der Waals surface area (Å²) < 4.78 is 5.35. The predicted molar refractivity (Wildman–Crippen MR) is 101 cm³/mol. The van der Waals surface area contributed by atoms with Gasteiger partial charge < -0.3 is 15.0 Å². The maximum Gasteiger partial charge on any atom is 0.322 e. The van der Waals surface area contributed by atoms with Gasteiger partial charge >= 0.3 is 6.03 Å². The molecular formula is C21H26N2O2. The molecule has 0 spiro atoms. The molecule has 0 bridgehead atoms. The van der Waals surface area contributed by atoms with E-state index in [0.29, 0.717) is 11.4 Å². The average molecular weight is 338 g/mol. The minimum atomic E-state index is -0.0584. The highest BCUT2D eigenvalue weighted by molar-refractivity contribution is 5.91. The van der Waals surface area contributed by atoms with Crippen molar-refractivity contribution < 1.29 is 9.53 Å². The Morgan fingerprint density at radius 3 is 2.60 bits per heavy atom. The number of ether oxygens (including phenoxy) is 1. The molecule has 25 heavy (non-hydrogen) atoms. The Balaban J connectivity index is 1.83. The Kier molecular flexibility index (Phi) is 5.59. The number of anilines is 1. The summed E-state index contributed by atoms with van der Waals surface area (Å²) in [5, 5.41) is 3.03. The fourth-order valence-corrected chi connectivity index (χ4v) is 3.42. The molecule has 1 aliphatic heterocycles. The quantitative estimate of drug-likeness (QED) is 0.840. The van der Waals surface area contributed by atoms with Gasteiger partial charge in [-0.25, -0.2) is 4.79 Å². The second kappa shape index (κ2) is 8.06. The Morgan fingerprint density at radius 1 is 1.08 bits per heavy atom. The normalized spacial score (nSPS) is 17.7. The van der Waals surface area contributed by atoms with Crippen LogP contribution in [0.25, 0.3) is 0 Å². The van der Waals surface area contributed by atoms with Crippen LogP contribution < -0.4 is 10.1 Å². The van der Waals surface area contributed by atoms with Crippen LogP contribution >= 0.6 is 0 Å². The molecule has 1 fully saturated rings. The number of aryl methyl sites for hydroxylation is 1. The molecule has 0 unspecified atom stereocenters. The van der Waals surface area contributed by atoms with E-state index in [1.807, 2.05) is 29.2 Å². The molecular weight excluding hydrogens is 312 g/mol. The van der Waals surface area contributed by atoms with Crippen LogP contribution in [-0.4, -0.2) is 24.6 Å². The van der Waals surface area contributed by atoms with E-state index >= 15 is 0 Å². The van der Waals surface area contributed by atoms with E-state index in [9.17, 15) is 4.79 Å². The minimum Gasteiger partial charge on any atom is -0.495 e. The zero-order chi connectivity index (χ0) is 17.6. The fraction of sp³-hybridized carbons (Fsp3) is 0.381. The molecule has 4 heteroatoms. The van der Waals surface area contributed by atoms with Crippen molar-refractivity contribution in [2.75, 3.05) is 19.0 Å². The maximum atomic E-state index is 13.0. The number of para-hydroxylation sites is 2. The third-order valence-electron chi connectivity index (χ3n) is 4.82. The Morgan fingerprint density at radius 2 is 1.84 bits per heavy atom. The van der Waals surface area contributed by atoms with Gasteiger partial charge in [-0.3, -0.25) is 0 Å². The largest absolute Gasteiger partial charge is 0.495 e. The highest BCUT2D eigenvalue weighted by atomic mass is 16.5. The number of hydrogen-bond acceptors (Lipinski definition) is 2. The van der Waals surface area contributed by atoms with Gasteiger partial charge in [0.2, 0.25) is 0 Å². The summed E-state index contributed by atoms with van der Waals surface area (Å²) in [5.74, 6) is 0.678. The van der Waals surface area contributed by atoms with Crippen molar-refractivity contribution in [3.63, 3.8) is 0 Å². The summed E-state index contributed by atoms with van der Waals surface area (Å²) in [6.45, 7) is 2.86. The third-order valence-corrected chi connectivity index (χ3v) is 4.82. The molecule has 0 radical (unpaired) electrons. The first kappa shape index (κ1) is 17.3. The van der Waals surface area contributed by atoms with E-state index in [4.69, 9.17) is 4.74 Å². The number of hydrogen-bond donors (Lipinski definition) is 1. The lowest BCUT2D eigenvalue weighted by atomic mass is 10.00. The fourth-order valence-electron chi connectivity index (χ4n) is 3.42. The second-order valence-corrected chi connectivity index (χ2v) is 6.60. The lowest BCUT2D eigenvalue weighted by Crippen LogP contribution is -2.38. The van der Waals surface area contributed by atoms with Crippen LogP contribution in [0.4, 0.5) is 10.5 Å². The number of rotatable bonds is 3.